The van der Waals surface area contributed by atoms with E-state index in [2.05, 4.69) is 13.2 Å². The maximum absolute atomic E-state index is 12.1. The monoisotopic (exact) mass is 698 g/mol. The predicted molar refractivity (Wildman–Crippen MR) is 176 cm³/mol. The highest BCUT2D eigenvalue weighted by molar-refractivity contribution is 5.87. The summed E-state index contributed by atoms with van der Waals surface area (Å²) in [7, 11) is 0. The lowest BCUT2D eigenvalue weighted by molar-refractivity contribution is -0.160. The fourth-order valence-electron chi connectivity index (χ4n) is 4.15. The molecule has 0 aliphatic carbocycles. The Hall–Kier alpha value is -5.66. The first-order valence-electron chi connectivity index (χ1n) is 15.5. The summed E-state index contributed by atoms with van der Waals surface area (Å²) in [6, 6.07) is 14.4. The molecule has 0 aliphatic heterocycles. The first-order valence-corrected chi connectivity index (χ1v) is 15.5. The van der Waals surface area contributed by atoms with E-state index in [4.69, 9.17) is 38.6 Å². The summed E-state index contributed by atoms with van der Waals surface area (Å²) in [5, 5.41) is 17.6. The van der Waals surface area contributed by atoms with Crippen LogP contribution in [0.1, 0.15) is 57.6 Å². The van der Waals surface area contributed by atoms with Crippen LogP contribution in [-0.4, -0.2) is 84.7 Å². The van der Waals surface area contributed by atoms with Gasteiger partial charge in [0.25, 0.3) is 0 Å². The van der Waals surface area contributed by atoms with Gasteiger partial charge in [-0.1, -0.05) is 51.3 Å². The Morgan fingerprint density at radius 1 is 0.680 bits per heavy atom. The van der Waals surface area contributed by atoms with Crippen molar-refractivity contribution in [1.29, 1.82) is 0 Å². The average molecular weight is 699 g/mol. The van der Waals surface area contributed by atoms with E-state index in [1.807, 2.05) is 38.1 Å². The van der Waals surface area contributed by atoms with Crippen molar-refractivity contribution in [2.24, 2.45) is 0 Å². The normalized spacial score (nSPS) is 12.0. The number of ether oxygens (including phenoxy) is 6. The van der Waals surface area contributed by atoms with Crippen LogP contribution in [0.15, 0.2) is 73.3 Å². The van der Waals surface area contributed by atoms with Crippen molar-refractivity contribution in [3.8, 4) is 11.5 Å². The van der Waals surface area contributed by atoms with E-state index in [0.29, 0.717) is 11.5 Å². The molecular weight excluding hydrogens is 656 g/mol. The van der Waals surface area contributed by atoms with Gasteiger partial charge in [-0.05, 0) is 42.3 Å². The highest BCUT2D eigenvalue weighted by atomic mass is 16.6. The van der Waals surface area contributed by atoms with Gasteiger partial charge in [0, 0.05) is 17.1 Å². The lowest BCUT2D eigenvalue weighted by atomic mass is 9.78. The molecule has 0 amide bonds. The van der Waals surface area contributed by atoms with Gasteiger partial charge in [-0.15, -0.1) is 0 Å². The predicted octanol–water partition coefficient (Wildman–Crippen LogP) is 4.17. The molecule has 270 valence electrons. The molecule has 0 bridgehead atoms. The number of benzene rings is 2. The lowest BCUT2D eigenvalue weighted by Crippen LogP contribution is -2.31. The van der Waals surface area contributed by atoms with Gasteiger partial charge in [0.1, 0.15) is 37.9 Å². The van der Waals surface area contributed by atoms with Gasteiger partial charge < -0.3 is 38.6 Å². The molecule has 2 aromatic carbocycles. The molecule has 2 N–H and O–H groups in total. The van der Waals surface area contributed by atoms with Gasteiger partial charge in [0.05, 0.1) is 25.7 Å². The minimum absolute atomic E-state index is 0.161. The van der Waals surface area contributed by atoms with Crippen LogP contribution in [0, 0.1) is 0 Å². The zero-order chi connectivity index (χ0) is 37.3. The SMILES string of the molecule is C=CC(=O)OCC(COc1ccc(C(C)(C)c2ccc(OCC(COC(=O)C(=C)C)OC(=O)CCC(=O)O)cc2)cc1)OC(=O)CCC(=O)O. The number of carbonyl (C=O) groups excluding carboxylic acids is 4. The molecule has 0 saturated heterocycles. The highest BCUT2D eigenvalue weighted by Crippen LogP contribution is 2.33. The standard InChI is InChI=1S/C36H42O14/c1-6-32(41)47-21-28(49-33(42)17-15-30(37)38)19-45-26-11-7-24(8-12-26)36(4,5)25-9-13-27(14-10-25)46-20-29(22-48-35(44)23(2)3)50-34(43)18-16-31(39)40/h6-14,28-29H,1-2,15-22H2,3-5H3,(H,37,38)(H,39,40). The Labute approximate surface area is 289 Å². The molecule has 0 aliphatic rings. The number of carboxylic acids is 2. The first-order chi connectivity index (χ1) is 23.6. The molecule has 50 heavy (non-hydrogen) atoms. The topological polar surface area (TPSA) is 198 Å². The van der Waals surface area contributed by atoms with Gasteiger partial charge in [-0.2, -0.15) is 0 Å². The first kappa shape index (κ1) is 40.5. The van der Waals surface area contributed by atoms with Crippen molar-refractivity contribution >= 4 is 35.8 Å². The molecular formula is C36H42O14. The molecule has 0 spiro atoms. The van der Waals surface area contributed by atoms with Gasteiger partial charge >= 0.3 is 35.8 Å². The van der Waals surface area contributed by atoms with E-state index in [0.717, 1.165) is 17.2 Å². The van der Waals surface area contributed by atoms with Gasteiger partial charge in [0.15, 0.2) is 12.2 Å². The maximum atomic E-state index is 12.1. The average Bonchev–Trinajstić information content (AvgIpc) is 3.08. The summed E-state index contributed by atoms with van der Waals surface area (Å²) in [6.07, 6.45) is -2.53. The summed E-state index contributed by atoms with van der Waals surface area (Å²) >= 11 is 0. The van der Waals surface area contributed by atoms with Crippen LogP contribution < -0.4 is 9.47 Å². The van der Waals surface area contributed by atoms with Crippen LogP contribution in [0.3, 0.4) is 0 Å². The molecule has 0 radical (unpaired) electrons. The molecule has 0 saturated carbocycles. The maximum Gasteiger partial charge on any atom is 0.333 e. The smallest absolute Gasteiger partial charge is 0.333 e. The second kappa shape index (κ2) is 20.0. The van der Waals surface area contributed by atoms with E-state index < -0.39 is 66.3 Å². The Morgan fingerprint density at radius 3 is 1.44 bits per heavy atom. The van der Waals surface area contributed by atoms with Gasteiger partial charge in [-0.25, -0.2) is 9.59 Å². The quantitative estimate of drug-likeness (QED) is 0.101. The largest absolute Gasteiger partial charge is 0.490 e. The number of hydrogen-bond donors (Lipinski definition) is 2. The van der Waals surface area contributed by atoms with Crippen LogP contribution in [0.25, 0.3) is 0 Å². The van der Waals surface area contributed by atoms with Crippen LogP contribution in [0.5, 0.6) is 11.5 Å². The third-order valence-electron chi connectivity index (χ3n) is 7.03. The summed E-state index contributed by atoms with van der Waals surface area (Å²) in [5.74, 6) is -4.35. The molecule has 2 unspecified atom stereocenters. The van der Waals surface area contributed by atoms with Crippen LogP contribution >= 0.6 is 0 Å². The number of carboxylic acid groups (broad SMARTS) is 2. The molecule has 0 fully saturated rings. The Morgan fingerprint density at radius 2 is 1.08 bits per heavy atom. The number of aliphatic carboxylic acids is 2. The molecule has 2 aromatic rings. The second-order valence-electron chi connectivity index (χ2n) is 11.5. The minimum Gasteiger partial charge on any atom is -0.490 e. The highest BCUT2D eigenvalue weighted by Gasteiger charge is 2.24. The van der Waals surface area contributed by atoms with E-state index in [1.165, 1.54) is 6.92 Å². The van der Waals surface area contributed by atoms with E-state index in [1.54, 1.807) is 24.3 Å². The fraction of sp³-hybridized carbons (Fsp3) is 0.389. The van der Waals surface area contributed by atoms with Crippen molar-refractivity contribution in [3.05, 3.63) is 84.5 Å². The third kappa shape index (κ3) is 14.6. The van der Waals surface area contributed by atoms with E-state index in [9.17, 15) is 28.8 Å². The van der Waals surface area contributed by atoms with E-state index >= 15 is 0 Å². The molecule has 2 atom stereocenters. The van der Waals surface area contributed by atoms with Crippen LogP contribution in [-0.2, 0) is 53.1 Å². The fourth-order valence-corrected chi connectivity index (χ4v) is 4.15. The number of rotatable bonds is 22. The third-order valence-corrected chi connectivity index (χ3v) is 7.03. The summed E-state index contributed by atoms with van der Waals surface area (Å²) in [6.45, 7) is 11.4. The van der Waals surface area contributed by atoms with Crippen LogP contribution in [0.2, 0.25) is 0 Å². The molecule has 14 nitrogen and oxygen atoms in total. The summed E-state index contributed by atoms with van der Waals surface area (Å²) in [4.78, 5) is 69.0. The molecule has 0 aromatic heterocycles. The number of hydrogen-bond acceptors (Lipinski definition) is 12. The zero-order valence-corrected chi connectivity index (χ0v) is 28.2. The van der Waals surface area contributed by atoms with Gasteiger partial charge in [-0.3, -0.25) is 19.2 Å². The molecule has 2 rings (SSSR count). The van der Waals surface area contributed by atoms with Crippen LogP contribution in [0.4, 0.5) is 0 Å². The Kier molecular flexibility index (Phi) is 16.2. The minimum atomic E-state index is -1.15. The second-order valence-corrected chi connectivity index (χ2v) is 11.5. The zero-order valence-electron chi connectivity index (χ0n) is 28.2. The number of carbonyl (C=O) groups is 6. The van der Waals surface area contributed by atoms with Crippen molar-refractivity contribution < 1.29 is 67.4 Å². The summed E-state index contributed by atoms with van der Waals surface area (Å²) in [5.41, 5.74) is 1.55. The van der Waals surface area contributed by atoms with E-state index in [-0.39, 0.29) is 44.8 Å². The molecule has 0 heterocycles. The van der Waals surface area contributed by atoms with Crippen molar-refractivity contribution in [3.63, 3.8) is 0 Å². The van der Waals surface area contributed by atoms with Crippen molar-refractivity contribution in [2.45, 2.75) is 64.1 Å². The summed E-state index contributed by atoms with van der Waals surface area (Å²) < 4.78 is 32.2. The van der Waals surface area contributed by atoms with Crippen molar-refractivity contribution in [1.82, 2.24) is 0 Å². The lowest BCUT2D eigenvalue weighted by Gasteiger charge is -2.27. The van der Waals surface area contributed by atoms with Crippen molar-refractivity contribution in [2.75, 3.05) is 26.4 Å². The Bertz CT molecular complexity index is 1510. The Balaban J connectivity index is 2.04. The molecule has 14 heteroatoms. The number of esters is 4. The van der Waals surface area contributed by atoms with Gasteiger partial charge in [0.2, 0.25) is 0 Å².